The van der Waals surface area contributed by atoms with Gasteiger partial charge in [0.1, 0.15) is 0 Å². The topological polar surface area (TPSA) is 87.0 Å². The Bertz CT molecular complexity index is 863. The average molecular weight is 295 g/mol. The second kappa shape index (κ2) is 4.99. The molecule has 112 valence electrons. The number of nitrogens with two attached hydrogens (primary N) is 1. The number of fused-ring (bicyclic) bond motifs is 3. The summed E-state index contributed by atoms with van der Waals surface area (Å²) in [5.74, 6) is 0.482. The first-order chi connectivity index (χ1) is 10.8. The van der Waals surface area contributed by atoms with E-state index in [0.717, 1.165) is 53.7 Å². The number of aromatic nitrogens is 2. The Morgan fingerprint density at radius 2 is 1.86 bits per heavy atom. The first-order valence-electron chi connectivity index (χ1n) is 7.41. The van der Waals surface area contributed by atoms with Gasteiger partial charge in [0.15, 0.2) is 5.82 Å². The fourth-order valence-corrected chi connectivity index (χ4v) is 3.16. The highest BCUT2D eigenvalue weighted by atomic mass is 16.1. The lowest BCUT2D eigenvalue weighted by Gasteiger charge is -2.27. The highest BCUT2D eigenvalue weighted by Crippen LogP contribution is 2.32. The number of benzene rings is 2. The molecule has 1 aromatic heterocycles. The molecule has 3 aromatic rings. The zero-order valence-corrected chi connectivity index (χ0v) is 12.1. The van der Waals surface area contributed by atoms with E-state index in [0.29, 0.717) is 5.56 Å². The van der Waals surface area contributed by atoms with Crippen LogP contribution < -0.4 is 16.0 Å². The third-order valence-electron chi connectivity index (χ3n) is 4.24. The van der Waals surface area contributed by atoms with Gasteiger partial charge in [-0.1, -0.05) is 24.3 Å². The van der Waals surface area contributed by atoms with E-state index in [2.05, 4.69) is 20.4 Å². The molecule has 0 atom stereocenters. The number of rotatable bonds is 2. The van der Waals surface area contributed by atoms with Gasteiger partial charge < -0.3 is 16.0 Å². The van der Waals surface area contributed by atoms with Crippen LogP contribution in [0.5, 0.6) is 0 Å². The average Bonchev–Trinajstić information content (AvgIpc) is 2.99. The summed E-state index contributed by atoms with van der Waals surface area (Å²) in [4.78, 5) is 14.1. The minimum absolute atomic E-state index is 0.412. The van der Waals surface area contributed by atoms with Crippen LogP contribution in [0.3, 0.4) is 0 Å². The van der Waals surface area contributed by atoms with E-state index >= 15 is 0 Å². The summed E-state index contributed by atoms with van der Waals surface area (Å²) >= 11 is 0. The molecule has 0 radical (unpaired) electrons. The SMILES string of the molecule is NC(=O)c1cc2c(N3CCNCC3)n[nH]c2c2ccccc12. The predicted molar refractivity (Wildman–Crippen MR) is 87.2 cm³/mol. The number of hydrogen-bond donors (Lipinski definition) is 3. The predicted octanol–water partition coefficient (Wildman–Crippen LogP) is 1.22. The van der Waals surface area contributed by atoms with Gasteiger partial charge in [-0.3, -0.25) is 9.89 Å². The van der Waals surface area contributed by atoms with Crippen LogP contribution in [-0.2, 0) is 0 Å². The lowest BCUT2D eigenvalue weighted by molar-refractivity contribution is 0.100. The first-order valence-corrected chi connectivity index (χ1v) is 7.41. The molecular weight excluding hydrogens is 278 g/mol. The molecule has 0 aliphatic carbocycles. The lowest BCUT2D eigenvalue weighted by Crippen LogP contribution is -2.43. The van der Waals surface area contributed by atoms with Crippen molar-refractivity contribution in [3.8, 4) is 0 Å². The summed E-state index contributed by atoms with van der Waals surface area (Å²) in [5, 5.41) is 13.7. The van der Waals surface area contributed by atoms with Crippen molar-refractivity contribution in [3.05, 3.63) is 35.9 Å². The number of primary amides is 1. The van der Waals surface area contributed by atoms with E-state index in [-0.39, 0.29) is 0 Å². The Kier molecular flexibility index (Phi) is 2.97. The molecular formula is C16H17N5O. The number of amides is 1. The van der Waals surface area contributed by atoms with Crippen molar-refractivity contribution in [2.75, 3.05) is 31.1 Å². The molecule has 1 aliphatic rings. The van der Waals surface area contributed by atoms with E-state index in [4.69, 9.17) is 5.73 Å². The number of hydrogen-bond acceptors (Lipinski definition) is 4. The van der Waals surface area contributed by atoms with Crippen LogP contribution >= 0.6 is 0 Å². The van der Waals surface area contributed by atoms with E-state index in [1.807, 2.05) is 30.3 Å². The monoisotopic (exact) mass is 295 g/mol. The number of carbonyl (C=O) groups excluding carboxylic acids is 1. The van der Waals surface area contributed by atoms with Crippen molar-refractivity contribution in [1.29, 1.82) is 0 Å². The number of nitrogens with zero attached hydrogens (tertiary/aromatic N) is 2. The van der Waals surface area contributed by atoms with Crippen molar-refractivity contribution in [2.24, 2.45) is 5.73 Å². The summed E-state index contributed by atoms with van der Waals surface area (Å²) in [7, 11) is 0. The number of aromatic amines is 1. The number of nitrogens with one attached hydrogen (secondary N) is 2. The van der Waals surface area contributed by atoms with Crippen LogP contribution in [0.15, 0.2) is 30.3 Å². The molecule has 4 N–H and O–H groups in total. The maximum absolute atomic E-state index is 11.8. The third kappa shape index (κ3) is 1.92. The Hall–Kier alpha value is -2.60. The van der Waals surface area contributed by atoms with Gasteiger partial charge >= 0.3 is 0 Å². The van der Waals surface area contributed by atoms with Gasteiger partial charge in [0.2, 0.25) is 5.91 Å². The Morgan fingerprint density at radius 1 is 1.14 bits per heavy atom. The smallest absolute Gasteiger partial charge is 0.249 e. The van der Waals surface area contributed by atoms with Gasteiger partial charge in [-0.15, -0.1) is 0 Å². The lowest BCUT2D eigenvalue weighted by atomic mass is 10.0. The Morgan fingerprint density at radius 3 is 2.59 bits per heavy atom. The van der Waals surface area contributed by atoms with E-state index in [1.165, 1.54) is 0 Å². The third-order valence-corrected chi connectivity index (χ3v) is 4.24. The molecule has 0 unspecified atom stereocenters. The first kappa shape index (κ1) is 13.1. The molecule has 2 aromatic carbocycles. The summed E-state index contributed by atoms with van der Waals surface area (Å²) in [6.45, 7) is 3.67. The van der Waals surface area contributed by atoms with Crippen LogP contribution in [0.1, 0.15) is 10.4 Å². The molecule has 4 rings (SSSR count). The quantitative estimate of drug-likeness (QED) is 0.663. The second-order valence-corrected chi connectivity index (χ2v) is 5.54. The molecule has 2 heterocycles. The zero-order chi connectivity index (χ0) is 15.1. The van der Waals surface area contributed by atoms with Crippen molar-refractivity contribution in [2.45, 2.75) is 0 Å². The minimum Gasteiger partial charge on any atom is -0.366 e. The molecule has 1 saturated heterocycles. The maximum atomic E-state index is 11.8. The number of H-pyrrole nitrogens is 1. The Labute approximate surface area is 127 Å². The molecule has 1 amide bonds. The van der Waals surface area contributed by atoms with Crippen molar-refractivity contribution in [3.63, 3.8) is 0 Å². The van der Waals surface area contributed by atoms with Gasteiger partial charge in [0, 0.05) is 42.5 Å². The fraction of sp³-hybridized carbons (Fsp3) is 0.250. The van der Waals surface area contributed by atoms with Gasteiger partial charge in [0.05, 0.1) is 5.52 Å². The standard InChI is InChI=1S/C16H17N5O/c17-15(22)12-9-13-14(11-4-2-1-3-10(11)12)19-20-16(13)21-7-5-18-6-8-21/h1-4,9,18H,5-8H2,(H2,17,22)(H,19,20). The molecule has 0 saturated carbocycles. The molecule has 0 bridgehead atoms. The van der Waals surface area contributed by atoms with E-state index < -0.39 is 5.91 Å². The molecule has 0 spiro atoms. The van der Waals surface area contributed by atoms with Crippen molar-refractivity contribution >= 4 is 33.4 Å². The van der Waals surface area contributed by atoms with Crippen LogP contribution in [0.25, 0.3) is 21.7 Å². The summed E-state index contributed by atoms with van der Waals surface area (Å²) in [5.41, 5.74) is 7.07. The van der Waals surface area contributed by atoms with Gasteiger partial charge in [0.25, 0.3) is 0 Å². The summed E-state index contributed by atoms with van der Waals surface area (Å²) in [6.07, 6.45) is 0. The van der Waals surface area contributed by atoms with Crippen molar-refractivity contribution in [1.82, 2.24) is 15.5 Å². The maximum Gasteiger partial charge on any atom is 0.249 e. The van der Waals surface area contributed by atoms with E-state index in [9.17, 15) is 4.79 Å². The highest BCUT2D eigenvalue weighted by molar-refractivity contribution is 6.17. The molecule has 22 heavy (non-hydrogen) atoms. The highest BCUT2D eigenvalue weighted by Gasteiger charge is 2.19. The van der Waals surface area contributed by atoms with Gasteiger partial charge in [-0.2, -0.15) is 5.10 Å². The second-order valence-electron chi connectivity index (χ2n) is 5.54. The minimum atomic E-state index is -0.412. The number of carbonyl (C=O) groups is 1. The summed E-state index contributed by atoms with van der Waals surface area (Å²) < 4.78 is 0. The molecule has 6 nitrogen and oxygen atoms in total. The molecule has 1 aliphatic heterocycles. The van der Waals surface area contributed by atoms with Crippen LogP contribution in [0.4, 0.5) is 5.82 Å². The number of anilines is 1. The van der Waals surface area contributed by atoms with Gasteiger partial charge in [-0.25, -0.2) is 0 Å². The van der Waals surface area contributed by atoms with Crippen LogP contribution in [0.2, 0.25) is 0 Å². The zero-order valence-electron chi connectivity index (χ0n) is 12.1. The summed E-state index contributed by atoms with van der Waals surface area (Å²) in [6, 6.07) is 9.64. The normalized spacial score (nSPS) is 15.5. The van der Waals surface area contributed by atoms with Crippen molar-refractivity contribution < 1.29 is 4.79 Å². The van der Waals surface area contributed by atoms with Crippen LogP contribution in [-0.4, -0.2) is 42.3 Å². The fourth-order valence-electron chi connectivity index (χ4n) is 3.16. The van der Waals surface area contributed by atoms with Gasteiger partial charge in [-0.05, 0) is 11.5 Å². The van der Waals surface area contributed by atoms with E-state index in [1.54, 1.807) is 0 Å². The Balaban J connectivity index is 2.00. The largest absolute Gasteiger partial charge is 0.366 e. The number of piperazine rings is 1. The molecule has 1 fully saturated rings. The molecule has 6 heteroatoms. The van der Waals surface area contributed by atoms with Crippen LogP contribution in [0, 0.1) is 0 Å².